The maximum absolute atomic E-state index is 12.4. The van der Waals surface area contributed by atoms with Gasteiger partial charge in [0.1, 0.15) is 0 Å². The van der Waals surface area contributed by atoms with Crippen molar-refractivity contribution >= 4 is 16.9 Å². The highest BCUT2D eigenvalue weighted by Gasteiger charge is 2.32. The number of nitrogens with zero attached hydrogens (tertiary/aromatic N) is 4. The first-order valence-electron chi connectivity index (χ1n) is 8.51. The number of amides is 1. The van der Waals surface area contributed by atoms with Gasteiger partial charge in [-0.05, 0) is 32.0 Å². The van der Waals surface area contributed by atoms with Gasteiger partial charge in [-0.3, -0.25) is 14.0 Å². The molecule has 3 aromatic rings. The summed E-state index contributed by atoms with van der Waals surface area (Å²) in [5.74, 6) is 0.0787. The van der Waals surface area contributed by atoms with E-state index in [4.69, 9.17) is 0 Å². The van der Waals surface area contributed by atoms with E-state index in [1.54, 1.807) is 4.57 Å². The van der Waals surface area contributed by atoms with Crippen molar-refractivity contribution in [2.75, 3.05) is 13.1 Å². The summed E-state index contributed by atoms with van der Waals surface area (Å²) >= 11 is 0. The smallest absolute Gasteiger partial charge is 0.326 e. The number of nitrogens with one attached hydrogen (secondary N) is 1. The minimum absolute atomic E-state index is 0.0787. The first kappa shape index (κ1) is 15.7. The molecule has 3 heterocycles. The van der Waals surface area contributed by atoms with Crippen LogP contribution >= 0.6 is 0 Å². The number of aromatic nitrogens is 4. The third kappa shape index (κ3) is 2.75. The van der Waals surface area contributed by atoms with E-state index in [1.807, 2.05) is 53.8 Å². The average Bonchev–Trinajstić information content (AvgIpc) is 3.02. The van der Waals surface area contributed by atoms with E-state index < -0.39 is 0 Å². The lowest BCUT2D eigenvalue weighted by Gasteiger charge is -2.39. The molecule has 130 valence electrons. The van der Waals surface area contributed by atoms with Gasteiger partial charge in [0.25, 0.3) is 0 Å². The zero-order valence-electron chi connectivity index (χ0n) is 14.4. The molecular weight excluding hydrogens is 318 g/mol. The topological polar surface area (TPSA) is 75.9 Å². The van der Waals surface area contributed by atoms with Crippen molar-refractivity contribution in [3.63, 3.8) is 0 Å². The molecule has 7 heteroatoms. The van der Waals surface area contributed by atoms with Crippen LogP contribution in [0.1, 0.15) is 23.9 Å². The number of aryl methyl sites for hydroxylation is 3. The van der Waals surface area contributed by atoms with Crippen LogP contribution in [0, 0.1) is 13.8 Å². The standard InChI is InChI=1S/C18H21N5O2/c1-12-9-13(2)23(20-12)14-10-21(11-14)17(24)7-8-22-16-6-4-3-5-15(16)19-18(22)25/h3-6,9,14H,7-8,10-11H2,1-2H3,(H,19,25). The van der Waals surface area contributed by atoms with Crippen molar-refractivity contribution in [3.05, 3.63) is 52.2 Å². The number of hydrogen-bond acceptors (Lipinski definition) is 3. The van der Waals surface area contributed by atoms with Gasteiger partial charge in [0.15, 0.2) is 0 Å². The lowest BCUT2D eigenvalue weighted by Crippen LogP contribution is -2.51. The predicted molar refractivity (Wildman–Crippen MR) is 94.5 cm³/mol. The SMILES string of the molecule is Cc1cc(C)n(C2CN(C(=O)CCn3c(=O)[nH]c4ccccc43)C2)n1. The second-order valence-electron chi connectivity index (χ2n) is 6.67. The molecule has 0 saturated carbocycles. The fraction of sp³-hybridized carbons (Fsp3) is 0.389. The molecule has 7 nitrogen and oxygen atoms in total. The van der Waals surface area contributed by atoms with Crippen LogP contribution in [0.25, 0.3) is 11.0 Å². The van der Waals surface area contributed by atoms with Gasteiger partial charge in [0, 0.05) is 31.7 Å². The highest BCUT2D eigenvalue weighted by molar-refractivity contribution is 5.78. The van der Waals surface area contributed by atoms with Gasteiger partial charge in [-0.15, -0.1) is 0 Å². The van der Waals surface area contributed by atoms with E-state index in [1.165, 1.54) is 0 Å². The number of H-pyrrole nitrogens is 1. The molecule has 0 aliphatic carbocycles. The van der Waals surface area contributed by atoms with Crippen molar-refractivity contribution in [2.24, 2.45) is 0 Å². The molecule has 1 N–H and O–H groups in total. The Kier molecular flexibility index (Phi) is 3.71. The number of carbonyl (C=O) groups excluding carboxylic acids is 1. The number of rotatable bonds is 4. The summed E-state index contributed by atoms with van der Waals surface area (Å²) in [4.78, 5) is 29.1. The minimum Gasteiger partial charge on any atom is -0.338 e. The van der Waals surface area contributed by atoms with E-state index >= 15 is 0 Å². The van der Waals surface area contributed by atoms with Crippen LogP contribution in [0.2, 0.25) is 0 Å². The molecule has 0 radical (unpaired) electrons. The molecule has 1 saturated heterocycles. The zero-order valence-corrected chi connectivity index (χ0v) is 14.4. The maximum atomic E-state index is 12.4. The molecule has 0 atom stereocenters. The molecule has 4 rings (SSSR count). The summed E-state index contributed by atoms with van der Waals surface area (Å²) in [6.45, 7) is 5.77. The monoisotopic (exact) mass is 339 g/mol. The van der Waals surface area contributed by atoms with Crippen LogP contribution in [0.5, 0.6) is 0 Å². The average molecular weight is 339 g/mol. The van der Waals surface area contributed by atoms with E-state index in [2.05, 4.69) is 10.1 Å². The molecule has 1 fully saturated rings. The first-order valence-corrected chi connectivity index (χ1v) is 8.51. The Hall–Kier alpha value is -2.83. The van der Waals surface area contributed by atoms with Crippen LogP contribution in [-0.2, 0) is 11.3 Å². The Labute approximate surface area is 144 Å². The first-order chi connectivity index (χ1) is 12.0. The summed E-state index contributed by atoms with van der Waals surface area (Å²) in [6, 6.07) is 9.83. The van der Waals surface area contributed by atoms with E-state index in [-0.39, 0.29) is 17.6 Å². The van der Waals surface area contributed by atoms with Gasteiger partial charge in [0.05, 0.1) is 22.8 Å². The van der Waals surface area contributed by atoms with Crippen LogP contribution in [0.15, 0.2) is 35.1 Å². The normalized spacial score (nSPS) is 14.9. The number of para-hydroxylation sites is 2. The third-order valence-corrected chi connectivity index (χ3v) is 4.84. The van der Waals surface area contributed by atoms with E-state index in [0.717, 1.165) is 22.4 Å². The van der Waals surface area contributed by atoms with E-state index in [0.29, 0.717) is 26.1 Å². The predicted octanol–water partition coefficient (Wildman–Crippen LogP) is 1.62. The van der Waals surface area contributed by atoms with Crippen molar-refractivity contribution < 1.29 is 4.79 Å². The molecule has 1 aliphatic rings. The van der Waals surface area contributed by atoms with Crippen molar-refractivity contribution in [1.29, 1.82) is 0 Å². The Morgan fingerprint density at radius 2 is 2.04 bits per heavy atom. The summed E-state index contributed by atoms with van der Waals surface area (Å²) in [6.07, 6.45) is 0.325. The highest BCUT2D eigenvalue weighted by Crippen LogP contribution is 2.23. The third-order valence-electron chi connectivity index (χ3n) is 4.84. The molecule has 1 aromatic carbocycles. The Morgan fingerprint density at radius 1 is 1.28 bits per heavy atom. The number of imidazole rings is 1. The number of aromatic amines is 1. The molecule has 1 amide bonds. The minimum atomic E-state index is -0.168. The van der Waals surface area contributed by atoms with Gasteiger partial charge >= 0.3 is 5.69 Å². The second kappa shape index (κ2) is 5.91. The molecule has 0 bridgehead atoms. The summed E-state index contributed by atoms with van der Waals surface area (Å²) in [7, 11) is 0. The molecule has 0 unspecified atom stereocenters. The highest BCUT2D eigenvalue weighted by atomic mass is 16.2. The van der Waals surface area contributed by atoms with Crippen molar-refractivity contribution in [1.82, 2.24) is 24.2 Å². The van der Waals surface area contributed by atoms with Crippen molar-refractivity contribution in [3.8, 4) is 0 Å². The Morgan fingerprint density at radius 3 is 2.76 bits per heavy atom. The largest absolute Gasteiger partial charge is 0.338 e. The zero-order chi connectivity index (χ0) is 17.6. The van der Waals surface area contributed by atoms with Gasteiger partial charge in [-0.1, -0.05) is 12.1 Å². The summed E-state index contributed by atoms with van der Waals surface area (Å²) in [5, 5.41) is 4.49. The quantitative estimate of drug-likeness (QED) is 0.785. The van der Waals surface area contributed by atoms with Crippen molar-refractivity contribution in [2.45, 2.75) is 32.9 Å². The molecule has 0 spiro atoms. The Bertz CT molecular complexity index is 990. The van der Waals surface area contributed by atoms with E-state index in [9.17, 15) is 9.59 Å². The molecule has 1 aliphatic heterocycles. The number of hydrogen-bond donors (Lipinski definition) is 1. The van der Waals surface area contributed by atoms with Crippen LogP contribution < -0.4 is 5.69 Å². The lowest BCUT2D eigenvalue weighted by molar-refractivity contribution is -0.137. The second-order valence-corrected chi connectivity index (χ2v) is 6.67. The van der Waals surface area contributed by atoms with Gasteiger partial charge in [-0.25, -0.2) is 4.79 Å². The van der Waals surface area contributed by atoms with Gasteiger partial charge < -0.3 is 9.88 Å². The molecule has 25 heavy (non-hydrogen) atoms. The number of fused-ring (bicyclic) bond motifs is 1. The van der Waals surface area contributed by atoms with Gasteiger partial charge in [0.2, 0.25) is 5.91 Å². The van der Waals surface area contributed by atoms with Crippen LogP contribution in [-0.4, -0.2) is 43.2 Å². The van der Waals surface area contributed by atoms with Gasteiger partial charge in [-0.2, -0.15) is 5.10 Å². The fourth-order valence-corrected chi connectivity index (χ4v) is 3.52. The summed E-state index contributed by atoms with van der Waals surface area (Å²) < 4.78 is 3.63. The molecular formula is C18H21N5O2. The van der Waals surface area contributed by atoms with Crippen LogP contribution in [0.4, 0.5) is 0 Å². The molecule has 2 aromatic heterocycles. The summed E-state index contributed by atoms with van der Waals surface area (Å²) in [5.41, 5.74) is 3.59. The lowest BCUT2D eigenvalue weighted by atomic mass is 10.1. The fourth-order valence-electron chi connectivity index (χ4n) is 3.52. The number of benzene rings is 1. The maximum Gasteiger partial charge on any atom is 0.326 e. The number of likely N-dealkylation sites (tertiary alicyclic amines) is 1. The number of carbonyl (C=O) groups is 1. The van der Waals surface area contributed by atoms with Crippen LogP contribution in [0.3, 0.4) is 0 Å². The Balaban J connectivity index is 1.38.